The second-order valence-electron chi connectivity index (χ2n) is 9.33. The van der Waals surface area contributed by atoms with Gasteiger partial charge in [-0.25, -0.2) is 4.79 Å². The Morgan fingerprint density at radius 3 is 2.38 bits per heavy atom. The summed E-state index contributed by atoms with van der Waals surface area (Å²) in [5.74, 6) is -0.239. The lowest BCUT2D eigenvalue weighted by molar-refractivity contribution is -0.0245. The number of ether oxygens (including phenoxy) is 2. The van der Waals surface area contributed by atoms with Gasteiger partial charge in [0.25, 0.3) is 5.91 Å². The van der Waals surface area contributed by atoms with Gasteiger partial charge >= 0.3 is 6.09 Å². The van der Waals surface area contributed by atoms with Crippen molar-refractivity contribution in [3.63, 3.8) is 0 Å². The molecule has 0 saturated carbocycles. The largest absolute Gasteiger partial charge is 0.447 e. The zero-order valence-electron chi connectivity index (χ0n) is 20.7. The molecule has 1 aliphatic heterocycles. The number of carbonyl (C=O) groups is 2. The Labute approximate surface area is 202 Å². The van der Waals surface area contributed by atoms with Crippen LogP contribution in [0, 0.1) is 5.92 Å². The normalized spacial score (nSPS) is 19.6. The van der Waals surface area contributed by atoms with Crippen LogP contribution in [-0.2, 0) is 16.1 Å². The van der Waals surface area contributed by atoms with Crippen LogP contribution in [-0.4, -0.2) is 71.9 Å². The number of rotatable bonds is 5. The highest BCUT2D eigenvalue weighted by molar-refractivity contribution is 6.01. The standard InChI is InChI=1S/C27H36N2O5/c1-18(2)34-27(32)28(5)15-25-19(3)14-29(20(4)16-30)26(31)24-13-9-8-12-23(24)22-11-7-6-10-21(22)17-33-25/h6-13,18-20,25,30H,14-17H2,1-5H3/t19-,20+,25-/m1/s1. The van der Waals surface area contributed by atoms with Crippen LogP contribution in [0.25, 0.3) is 11.1 Å². The topological polar surface area (TPSA) is 79.3 Å². The molecule has 3 rings (SSSR count). The van der Waals surface area contributed by atoms with E-state index in [1.165, 1.54) is 4.90 Å². The molecule has 2 amide bonds. The molecule has 2 aromatic carbocycles. The number of hydrogen-bond donors (Lipinski definition) is 1. The molecule has 0 unspecified atom stereocenters. The number of hydrogen-bond acceptors (Lipinski definition) is 5. The summed E-state index contributed by atoms with van der Waals surface area (Å²) in [7, 11) is 1.69. The quantitative estimate of drug-likeness (QED) is 0.712. The van der Waals surface area contributed by atoms with Crippen LogP contribution in [0.4, 0.5) is 4.79 Å². The summed E-state index contributed by atoms with van der Waals surface area (Å²) in [6.45, 7) is 8.35. The minimum absolute atomic E-state index is 0.107. The van der Waals surface area contributed by atoms with Crippen molar-refractivity contribution in [3.05, 3.63) is 59.7 Å². The molecule has 7 nitrogen and oxygen atoms in total. The van der Waals surface area contributed by atoms with Gasteiger partial charge in [0.2, 0.25) is 0 Å². The monoisotopic (exact) mass is 468 g/mol. The fourth-order valence-corrected chi connectivity index (χ4v) is 4.19. The molecule has 1 aliphatic rings. The van der Waals surface area contributed by atoms with Crippen molar-refractivity contribution in [2.75, 3.05) is 26.7 Å². The van der Waals surface area contributed by atoms with Crippen molar-refractivity contribution < 1.29 is 24.2 Å². The predicted octanol–water partition coefficient (Wildman–Crippen LogP) is 4.19. The molecule has 0 saturated heterocycles. The van der Waals surface area contributed by atoms with Crippen LogP contribution in [0.5, 0.6) is 0 Å². The Balaban J connectivity index is 2.02. The van der Waals surface area contributed by atoms with Gasteiger partial charge in [0, 0.05) is 25.1 Å². The Bertz CT molecular complexity index is 992. The van der Waals surface area contributed by atoms with Crippen LogP contribution < -0.4 is 0 Å². The summed E-state index contributed by atoms with van der Waals surface area (Å²) in [6, 6.07) is 15.1. The van der Waals surface area contributed by atoms with Crippen LogP contribution in [0.3, 0.4) is 0 Å². The Morgan fingerprint density at radius 2 is 1.74 bits per heavy atom. The summed E-state index contributed by atoms with van der Waals surface area (Å²) in [5, 5.41) is 9.91. The average Bonchev–Trinajstić information content (AvgIpc) is 2.84. The molecule has 3 atom stereocenters. The van der Waals surface area contributed by atoms with Gasteiger partial charge in [-0.05, 0) is 43.5 Å². The summed E-state index contributed by atoms with van der Waals surface area (Å²) in [5.41, 5.74) is 3.34. The molecular weight excluding hydrogens is 432 g/mol. The maximum atomic E-state index is 13.8. The van der Waals surface area contributed by atoms with Crippen molar-refractivity contribution >= 4 is 12.0 Å². The van der Waals surface area contributed by atoms with E-state index in [9.17, 15) is 14.7 Å². The van der Waals surface area contributed by atoms with E-state index in [4.69, 9.17) is 9.47 Å². The third-order valence-electron chi connectivity index (χ3n) is 6.20. The first kappa shape index (κ1) is 25.7. The lowest BCUT2D eigenvalue weighted by atomic mass is 9.94. The van der Waals surface area contributed by atoms with E-state index in [1.807, 2.05) is 76.2 Å². The summed E-state index contributed by atoms with van der Waals surface area (Å²) in [4.78, 5) is 29.4. The minimum atomic E-state index is -0.412. The fourth-order valence-electron chi connectivity index (χ4n) is 4.19. The Kier molecular flexibility index (Phi) is 8.69. The molecule has 0 aliphatic carbocycles. The van der Waals surface area contributed by atoms with Gasteiger partial charge in [-0.1, -0.05) is 49.4 Å². The average molecular weight is 469 g/mol. The number of amides is 2. The van der Waals surface area contributed by atoms with Crippen LogP contribution >= 0.6 is 0 Å². The lowest BCUT2D eigenvalue weighted by Gasteiger charge is -2.35. The first-order valence-corrected chi connectivity index (χ1v) is 11.8. The zero-order valence-corrected chi connectivity index (χ0v) is 20.7. The molecule has 0 aromatic heterocycles. The van der Waals surface area contributed by atoms with Gasteiger partial charge in [-0.2, -0.15) is 0 Å². The van der Waals surface area contributed by atoms with Gasteiger partial charge in [0.1, 0.15) is 0 Å². The first-order valence-electron chi connectivity index (χ1n) is 11.8. The Hall–Kier alpha value is -2.90. The van der Waals surface area contributed by atoms with Gasteiger partial charge in [0.15, 0.2) is 0 Å². The van der Waals surface area contributed by atoms with Crippen LogP contribution in [0.15, 0.2) is 48.5 Å². The van der Waals surface area contributed by atoms with E-state index >= 15 is 0 Å². The molecule has 2 aromatic rings. The fraction of sp³-hybridized carbons (Fsp3) is 0.481. The molecule has 0 bridgehead atoms. The number of nitrogens with zero attached hydrogens (tertiary/aromatic N) is 2. The highest BCUT2D eigenvalue weighted by Gasteiger charge is 2.31. The zero-order chi connectivity index (χ0) is 24.8. The predicted molar refractivity (Wildman–Crippen MR) is 131 cm³/mol. The number of fused-ring (bicyclic) bond motifs is 3. The molecule has 0 radical (unpaired) electrons. The van der Waals surface area contributed by atoms with Gasteiger partial charge in [-0.15, -0.1) is 0 Å². The molecule has 34 heavy (non-hydrogen) atoms. The van der Waals surface area contributed by atoms with Crippen molar-refractivity contribution in [2.24, 2.45) is 5.92 Å². The summed E-state index contributed by atoms with van der Waals surface area (Å²) >= 11 is 0. The minimum Gasteiger partial charge on any atom is -0.447 e. The van der Waals surface area contributed by atoms with E-state index < -0.39 is 6.09 Å². The smallest absolute Gasteiger partial charge is 0.409 e. The van der Waals surface area contributed by atoms with Crippen molar-refractivity contribution in [1.29, 1.82) is 0 Å². The van der Waals surface area contributed by atoms with E-state index in [0.717, 1.165) is 16.7 Å². The molecule has 1 N–H and O–H groups in total. The van der Waals surface area contributed by atoms with Gasteiger partial charge < -0.3 is 24.4 Å². The van der Waals surface area contributed by atoms with Crippen molar-refractivity contribution in [1.82, 2.24) is 9.80 Å². The Morgan fingerprint density at radius 1 is 1.12 bits per heavy atom. The highest BCUT2D eigenvalue weighted by atomic mass is 16.6. The third-order valence-corrected chi connectivity index (χ3v) is 6.20. The van der Waals surface area contributed by atoms with E-state index in [1.54, 1.807) is 11.9 Å². The van der Waals surface area contributed by atoms with Crippen molar-refractivity contribution in [2.45, 2.75) is 52.6 Å². The molecule has 184 valence electrons. The van der Waals surface area contributed by atoms with Gasteiger partial charge in [-0.3, -0.25) is 4.79 Å². The maximum Gasteiger partial charge on any atom is 0.409 e. The molecule has 0 fully saturated rings. The number of carbonyl (C=O) groups excluding carboxylic acids is 2. The van der Waals surface area contributed by atoms with Crippen LogP contribution in [0.2, 0.25) is 0 Å². The first-order chi connectivity index (χ1) is 16.2. The van der Waals surface area contributed by atoms with E-state index in [0.29, 0.717) is 25.3 Å². The second-order valence-corrected chi connectivity index (χ2v) is 9.33. The third kappa shape index (κ3) is 5.96. The van der Waals surface area contributed by atoms with Gasteiger partial charge in [0.05, 0.1) is 38.0 Å². The second kappa shape index (κ2) is 11.5. The number of aliphatic hydroxyl groups excluding tert-OH is 1. The molecular formula is C27H36N2O5. The summed E-state index contributed by atoms with van der Waals surface area (Å²) in [6.07, 6.45) is -0.977. The molecule has 1 heterocycles. The maximum absolute atomic E-state index is 13.8. The SMILES string of the molecule is CC(C)OC(=O)N(C)C[C@H]1OCc2ccccc2-c2ccccc2C(=O)N([C@@H](C)CO)C[C@H]1C. The van der Waals surface area contributed by atoms with Crippen molar-refractivity contribution in [3.8, 4) is 11.1 Å². The number of likely N-dealkylation sites (N-methyl/N-ethyl adjacent to an activating group) is 1. The lowest BCUT2D eigenvalue weighted by Crippen LogP contribution is -2.47. The van der Waals surface area contributed by atoms with E-state index in [2.05, 4.69) is 0 Å². The number of aliphatic hydroxyl groups is 1. The molecule has 0 spiro atoms. The van der Waals surface area contributed by atoms with Crippen LogP contribution in [0.1, 0.15) is 43.6 Å². The molecule has 7 heteroatoms. The van der Waals surface area contributed by atoms with E-state index in [-0.39, 0.29) is 36.7 Å². The number of benzene rings is 2. The highest BCUT2D eigenvalue weighted by Crippen LogP contribution is 2.31. The summed E-state index contributed by atoms with van der Waals surface area (Å²) < 4.78 is 11.7.